The molecule has 2 aromatic heterocycles. The molecule has 0 unspecified atom stereocenters. The van der Waals surface area contributed by atoms with Gasteiger partial charge < -0.3 is 39.6 Å². The quantitative estimate of drug-likeness (QED) is 0.292. The van der Waals surface area contributed by atoms with Gasteiger partial charge in [0.05, 0.1) is 35.3 Å². The molecular formula is C25H11N3O8-4. The number of carboxylic acids is 4. The Hall–Kier alpha value is -5.45. The number of hydrogen-bond acceptors (Lipinski definition) is 11. The lowest BCUT2D eigenvalue weighted by molar-refractivity contribution is -0.257. The summed E-state index contributed by atoms with van der Waals surface area (Å²) in [7, 11) is 0. The average Bonchev–Trinajstić information content (AvgIpc) is 2.88. The second-order valence-electron chi connectivity index (χ2n) is 7.48. The highest BCUT2D eigenvalue weighted by Gasteiger charge is 2.10. The standard InChI is InChI=1S/C25H15N3O8/c29-22(30)15-5-13(6-16(9-15)23(31)32)12-1-2-20(26-11-12)21-4-3-19(27-28-21)14-7-17(24(33)34)10-18(8-14)25(35)36/h1-11H,(H,29,30)(H,31,32)(H,33,34)(H,35,36)/p-4. The molecule has 11 heteroatoms. The van der Waals surface area contributed by atoms with E-state index in [0.29, 0.717) is 17.0 Å². The molecule has 0 aliphatic heterocycles. The fourth-order valence-electron chi connectivity index (χ4n) is 3.38. The van der Waals surface area contributed by atoms with Crippen LogP contribution in [0.25, 0.3) is 33.8 Å². The predicted octanol–water partition coefficient (Wildman–Crippen LogP) is -1.67. The van der Waals surface area contributed by atoms with Gasteiger partial charge in [-0.25, -0.2) is 0 Å². The van der Waals surface area contributed by atoms with Gasteiger partial charge in [0.1, 0.15) is 5.69 Å². The molecule has 4 rings (SSSR count). The van der Waals surface area contributed by atoms with Crippen molar-refractivity contribution >= 4 is 23.9 Å². The summed E-state index contributed by atoms with van der Waals surface area (Å²) in [6, 6.07) is 12.9. The van der Waals surface area contributed by atoms with Crippen LogP contribution in [0.5, 0.6) is 0 Å². The van der Waals surface area contributed by atoms with Crippen molar-refractivity contribution in [1.82, 2.24) is 15.2 Å². The van der Waals surface area contributed by atoms with Crippen LogP contribution < -0.4 is 20.4 Å². The van der Waals surface area contributed by atoms with Crippen LogP contribution in [0.3, 0.4) is 0 Å². The van der Waals surface area contributed by atoms with E-state index in [4.69, 9.17) is 0 Å². The van der Waals surface area contributed by atoms with Crippen molar-refractivity contribution in [3.05, 3.63) is 89.1 Å². The lowest BCUT2D eigenvalue weighted by Crippen LogP contribution is -2.25. The molecule has 0 saturated carbocycles. The SMILES string of the molecule is O=C([O-])c1cc(C(=O)[O-])cc(-c2ccc(-c3ccc(-c4cc(C(=O)[O-])cc(C(=O)[O-])c4)nn3)nc2)c1. The Labute approximate surface area is 202 Å². The van der Waals surface area contributed by atoms with Gasteiger partial charge >= 0.3 is 0 Å². The van der Waals surface area contributed by atoms with Gasteiger partial charge in [0.25, 0.3) is 0 Å². The molecule has 2 heterocycles. The Morgan fingerprint density at radius 1 is 0.472 bits per heavy atom. The molecule has 0 aliphatic rings. The number of carbonyl (C=O) groups is 4. The number of aromatic nitrogens is 3. The zero-order valence-corrected chi connectivity index (χ0v) is 18.0. The van der Waals surface area contributed by atoms with Crippen molar-refractivity contribution < 1.29 is 39.6 Å². The molecule has 2 aromatic carbocycles. The van der Waals surface area contributed by atoms with Gasteiger partial charge in [-0.2, -0.15) is 0 Å². The molecule has 0 N–H and O–H groups in total. The first-order valence-electron chi connectivity index (χ1n) is 10.1. The first-order valence-corrected chi connectivity index (χ1v) is 10.1. The minimum absolute atomic E-state index is 0.176. The molecule has 0 saturated heterocycles. The number of benzene rings is 2. The van der Waals surface area contributed by atoms with Crippen molar-refractivity contribution in [2.24, 2.45) is 0 Å². The molecule has 0 amide bonds. The molecule has 11 nitrogen and oxygen atoms in total. The molecule has 0 spiro atoms. The Balaban J connectivity index is 1.64. The van der Waals surface area contributed by atoms with E-state index in [1.54, 1.807) is 12.1 Å². The van der Waals surface area contributed by atoms with Crippen molar-refractivity contribution in [1.29, 1.82) is 0 Å². The first-order chi connectivity index (χ1) is 17.1. The molecular weight excluding hydrogens is 470 g/mol. The van der Waals surface area contributed by atoms with Crippen LogP contribution in [0.2, 0.25) is 0 Å². The van der Waals surface area contributed by atoms with Crippen LogP contribution in [0.15, 0.2) is 66.9 Å². The highest BCUT2D eigenvalue weighted by atomic mass is 16.4. The molecule has 178 valence electrons. The Bertz CT molecular complexity index is 1350. The van der Waals surface area contributed by atoms with Gasteiger partial charge in [0.2, 0.25) is 0 Å². The number of pyridine rings is 1. The lowest BCUT2D eigenvalue weighted by atomic mass is 10.0. The molecule has 0 radical (unpaired) electrons. The Morgan fingerprint density at radius 2 is 0.889 bits per heavy atom. The third-order valence-electron chi connectivity index (χ3n) is 5.13. The second-order valence-corrected chi connectivity index (χ2v) is 7.48. The molecule has 36 heavy (non-hydrogen) atoms. The maximum absolute atomic E-state index is 11.2. The van der Waals surface area contributed by atoms with Gasteiger partial charge in [0, 0.05) is 17.3 Å². The van der Waals surface area contributed by atoms with E-state index in [1.807, 2.05) is 0 Å². The van der Waals surface area contributed by atoms with Crippen LogP contribution in [0, 0.1) is 0 Å². The minimum atomic E-state index is -1.56. The monoisotopic (exact) mass is 481 g/mol. The third kappa shape index (κ3) is 4.89. The van der Waals surface area contributed by atoms with E-state index < -0.39 is 23.9 Å². The average molecular weight is 481 g/mol. The lowest BCUT2D eigenvalue weighted by Gasteiger charge is -2.12. The summed E-state index contributed by atoms with van der Waals surface area (Å²) in [6.07, 6.45) is 1.38. The number of hydrogen-bond donors (Lipinski definition) is 0. The highest BCUT2D eigenvalue weighted by Crippen LogP contribution is 2.25. The molecule has 0 fully saturated rings. The van der Waals surface area contributed by atoms with Crippen LogP contribution in [-0.2, 0) is 0 Å². The zero-order chi connectivity index (χ0) is 26.0. The number of carbonyl (C=O) groups excluding carboxylic acids is 4. The van der Waals surface area contributed by atoms with Crippen molar-refractivity contribution in [3.8, 4) is 33.8 Å². The summed E-state index contributed by atoms with van der Waals surface area (Å²) in [5.74, 6) is -6.22. The Morgan fingerprint density at radius 3 is 1.28 bits per heavy atom. The van der Waals surface area contributed by atoms with Crippen LogP contribution >= 0.6 is 0 Å². The summed E-state index contributed by atoms with van der Waals surface area (Å²) in [6.45, 7) is 0. The van der Waals surface area contributed by atoms with Crippen molar-refractivity contribution in [2.45, 2.75) is 0 Å². The molecule has 0 atom stereocenters. The normalized spacial score (nSPS) is 10.6. The van der Waals surface area contributed by atoms with E-state index in [9.17, 15) is 39.6 Å². The van der Waals surface area contributed by atoms with E-state index in [1.165, 1.54) is 42.6 Å². The summed E-state index contributed by atoms with van der Waals surface area (Å²) in [4.78, 5) is 49.1. The summed E-state index contributed by atoms with van der Waals surface area (Å²) in [5.41, 5.74) is 0.358. The maximum atomic E-state index is 11.2. The van der Waals surface area contributed by atoms with Gasteiger partial charge in [-0.15, -0.1) is 10.2 Å². The summed E-state index contributed by atoms with van der Waals surface area (Å²) >= 11 is 0. The van der Waals surface area contributed by atoms with Gasteiger partial charge in [-0.05, 0) is 82.4 Å². The number of nitrogens with zero attached hydrogens (tertiary/aromatic N) is 3. The second kappa shape index (κ2) is 9.43. The molecule has 0 aliphatic carbocycles. The topological polar surface area (TPSA) is 199 Å². The van der Waals surface area contributed by atoms with Crippen LogP contribution in [0.4, 0.5) is 0 Å². The Kier molecular flexibility index (Phi) is 6.21. The van der Waals surface area contributed by atoms with E-state index in [0.717, 1.165) is 12.1 Å². The fourth-order valence-corrected chi connectivity index (χ4v) is 3.38. The van der Waals surface area contributed by atoms with Gasteiger partial charge in [-0.1, -0.05) is 6.07 Å². The van der Waals surface area contributed by atoms with Crippen LogP contribution in [-0.4, -0.2) is 39.1 Å². The van der Waals surface area contributed by atoms with E-state index in [2.05, 4.69) is 15.2 Å². The first kappa shape index (κ1) is 23.7. The van der Waals surface area contributed by atoms with Crippen molar-refractivity contribution in [3.63, 3.8) is 0 Å². The highest BCUT2D eigenvalue weighted by molar-refractivity contribution is 5.95. The third-order valence-corrected chi connectivity index (χ3v) is 5.13. The zero-order valence-electron chi connectivity index (χ0n) is 18.0. The number of aromatic carboxylic acids is 4. The summed E-state index contributed by atoms with van der Waals surface area (Å²) < 4.78 is 0. The summed E-state index contributed by atoms with van der Waals surface area (Å²) in [5, 5.41) is 52.9. The van der Waals surface area contributed by atoms with Gasteiger partial charge in [-0.3, -0.25) is 4.98 Å². The van der Waals surface area contributed by atoms with E-state index in [-0.39, 0.29) is 39.1 Å². The smallest absolute Gasteiger partial charge is 0.111 e. The predicted molar refractivity (Wildman–Crippen MR) is 113 cm³/mol. The van der Waals surface area contributed by atoms with Gasteiger partial charge in [0.15, 0.2) is 0 Å². The minimum Gasteiger partial charge on any atom is -0.545 e. The molecule has 4 aromatic rings. The van der Waals surface area contributed by atoms with Crippen molar-refractivity contribution in [2.75, 3.05) is 0 Å². The van der Waals surface area contributed by atoms with Crippen LogP contribution in [0.1, 0.15) is 41.4 Å². The van der Waals surface area contributed by atoms with E-state index >= 15 is 0 Å². The fraction of sp³-hybridized carbons (Fsp3) is 0. The maximum Gasteiger partial charge on any atom is 0.111 e. The number of rotatable bonds is 7. The largest absolute Gasteiger partial charge is 0.545 e. The number of carboxylic acid groups (broad SMARTS) is 4. The molecule has 0 bridgehead atoms.